The number of aromatic nitrogens is 1. The number of H-pyrrole nitrogens is 1. The Morgan fingerprint density at radius 2 is 1.83 bits per heavy atom. The zero-order valence-corrected chi connectivity index (χ0v) is 10.9. The SMILES string of the molecule is Fc1ccc(Oc2cc3cc[nH]c3cc2Br)cc1. The van der Waals surface area contributed by atoms with Gasteiger partial charge in [-0.3, -0.25) is 0 Å². The quantitative estimate of drug-likeness (QED) is 0.718. The average molecular weight is 306 g/mol. The van der Waals surface area contributed by atoms with Gasteiger partial charge in [-0.05, 0) is 58.4 Å². The molecule has 0 aliphatic rings. The first kappa shape index (κ1) is 11.3. The molecule has 90 valence electrons. The third-order valence-corrected chi connectivity index (χ3v) is 3.27. The van der Waals surface area contributed by atoms with Gasteiger partial charge in [0.25, 0.3) is 0 Å². The van der Waals surface area contributed by atoms with Crippen molar-refractivity contribution in [3.05, 3.63) is 59.0 Å². The summed E-state index contributed by atoms with van der Waals surface area (Å²) in [6.07, 6.45) is 1.87. The van der Waals surface area contributed by atoms with E-state index >= 15 is 0 Å². The van der Waals surface area contributed by atoms with E-state index in [1.54, 1.807) is 12.1 Å². The van der Waals surface area contributed by atoms with Crippen LogP contribution in [0.25, 0.3) is 10.9 Å². The van der Waals surface area contributed by atoms with Gasteiger partial charge in [0.1, 0.15) is 17.3 Å². The normalized spacial score (nSPS) is 10.8. The molecule has 0 bridgehead atoms. The summed E-state index contributed by atoms with van der Waals surface area (Å²) in [5.41, 5.74) is 1.04. The van der Waals surface area contributed by atoms with Gasteiger partial charge in [-0.1, -0.05) is 0 Å². The molecule has 0 unspecified atom stereocenters. The number of nitrogens with one attached hydrogen (secondary N) is 1. The van der Waals surface area contributed by atoms with Gasteiger partial charge in [-0.15, -0.1) is 0 Å². The Bertz CT molecular complexity index is 691. The van der Waals surface area contributed by atoms with Crippen molar-refractivity contribution in [3.8, 4) is 11.5 Å². The van der Waals surface area contributed by atoms with Crippen LogP contribution >= 0.6 is 15.9 Å². The van der Waals surface area contributed by atoms with Crippen molar-refractivity contribution in [1.82, 2.24) is 4.98 Å². The summed E-state index contributed by atoms with van der Waals surface area (Å²) in [5, 5.41) is 1.07. The van der Waals surface area contributed by atoms with Crippen LogP contribution in [0.15, 0.2) is 53.1 Å². The van der Waals surface area contributed by atoms with E-state index in [2.05, 4.69) is 20.9 Å². The summed E-state index contributed by atoms with van der Waals surface area (Å²) in [5.74, 6) is 1.03. The number of aromatic amines is 1. The number of halogens is 2. The van der Waals surface area contributed by atoms with Gasteiger partial charge in [-0.2, -0.15) is 0 Å². The van der Waals surface area contributed by atoms with Crippen LogP contribution in [0.3, 0.4) is 0 Å². The number of ether oxygens (including phenoxy) is 1. The van der Waals surface area contributed by atoms with E-state index in [1.165, 1.54) is 12.1 Å². The van der Waals surface area contributed by atoms with Crippen LogP contribution in [-0.4, -0.2) is 4.98 Å². The van der Waals surface area contributed by atoms with E-state index in [9.17, 15) is 4.39 Å². The van der Waals surface area contributed by atoms with Crippen LogP contribution in [0.5, 0.6) is 11.5 Å². The second kappa shape index (κ2) is 4.46. The highest BCUT2D eigenvalue weighted by atomic mass is 79.9. The number of rotatable bonds is 2. The molecule has 0 saturated carbocycles. The van der Waals surface area contributed by atoms with Crippen LogP contribution in [0, 0.1) is 5.82 Å². The minimum atomic E-state index is -0.275. The van der Waals surface area contributed by atoms with Crippen LogP contribution in [0.1, 0.15) is 0 Å². The van der Waals surface area contributed by atoms with Crippen LogP contribution in [0.4, 0.5) is 4.39 Å². The van der Waals surface area contributed by atoms with Gasteiger partial charge in [0.2, 0.25) is 0 Å². The van der Waals surface area contributed by atoms with Crippen molar-refractivity contribution in [3.63, 3.8) is 0 Å². The fourth-order valence-electron chi connectivity index (χ4n) is 1.76. The van der Waals surface area contributed by atoms with Gasteiger partial charge >= 0.3 is 0 Å². The first-order valence-electron chi connectivity index (χ1n) is 5.42. The second-order valence-corrected chi connectivity index (χ2v) is 4.76. The zero-order chi connectivity index (χ0) is 12.5. The molecule has 3 aromatic rings. The summed E-state index contributed by atoms with van der Waals surface area (Å²) >= 11 is 3.45. The lowest BCUT2D eigenvalue weighted by Gasteiger charge is -2.08. The van der Waals surface area contributed by atoms with Gasteiger partial charge < -0.3 is 9.72 Å². The minimum absolute atomic E-state index is 0.275. The van der Waals surface area contributed by atoms with Gasteiger partial charge in [0.05, 0.1) is 4.47 Å². The Labute approximate surface area is 112 Å². The molecular weight excluding hydrogens is 297 g/mol. The Kier molecular flexibility index (Phi) is 2.80. The third kappa shape index (κ3) is 2.11. The first-order valence-corrected chi connectivity index (χ1v) is 6.22. The van der Waals surface area contributed by atoms with Gasteiger partial charge in [0, 0.05) is 17.1 Å². The predicted molar refractivity (Wildman–Crippen MR) is 72.5 cm³/mol. The van der Waals surface area contributed by atoms with E-state index in [1.807, 2.05) is 24.4 Å². The number of fused-ring (bicyclic) bond motifs is 1. The molecule has 0 radical (unpaired) electrons. The number of hydrogen-bond donors (Lipinski definition) is 1. The Balaban J connectivity index is 1.98. The molecule has 1 heterocycles. The highest BCUT2D eigenvalue weighted by Gasteiger charge is 2.06. The van der Waals surface area contributed by atoms with E-state index in [0.717, 1.165) is 15.4 Å². The standard InChI is InChI=1S/C14H9BrFNO/c15-12-8-13-9(5-6-17-13)7-14(12)18-11-3-1-10(16)2-4-11/h1-8,17H. The summed E-state index contributed by atoms with van der Waals surface area (Å²) in [7, 11) is 0. The lowest BCUT2D eigenvalue weighted by molar-refractivity contribution is 0.478. The molecule has 0 aliphatic carbocycles. The molecule has 0 saturated heterocycles. The van der Waals surface area contributed by atoms with Gasteiger partial charge in [0.15, 0.2) is 0 Å². The molecular formula is C14H9BrFNO. The molecule has 0 aliphatic heterocycles. The average Bonchev–Trinajstić information content (AvgIpc) is 2.79. The van der Waals surface area contributed by atoms with E-state index in [-0.39, 0.29) is 5.82 Å². The predicted octanol–water partition coefficient (Wildman–Crippen LogP) is 4.86. The Hall–Kier alpha value is -1.81. The van der Waals surface area contributed by atoms with Crippen molar-refractivity contribution in [1.29, 1.82) is 0 Å². The summed E-state index contributed by atoms with van der Waals surface area (Å²) in [6.45, 7) is 0. The maximum Gasteiger partial charge on any atom is 0.142 e. The van der Waals surface area contributed by atoms with Crippen molar-refractivity contribution < 1.29 is 9.13 Å². The van der Waals surface area contributed by atoms with Crippen LogP contribution in [0.2, 0.25) is 0 Å². The summed E-state index contributed by atoms with van der Waals surface area (Å²) < 4.78 is 19.4. The molecule has 0 amide bonds. The number of benzene rings is 2. The summed E-state index contributed by atoms with van der Waals surface area (Å²) in [6, 6.07) is 11.8. The van der Waals surface area contributed by atoms with E-state index < -0.39 is 0 Å². The zero-order valence-electron chi connectivity index (χ0n) is 9.28. The molecule has 4 heteroatoms. The highest BCUT2D eigenvalue weighted by Crippen LogP contribution is 2.33. The molecule has 2 nitrogen and oxygen atoms in total. The monoisotopic (exact) mass is 305 g/mol. The maximum atomic E-state index is 12.8. The molecule has 0 fully saturated rings. The van der Waals surface area contributed by atoms with Gasteiger partial charge in [-0.25, -0.2) is 4.39 Å². The third-order valence-electron chi connectivity index (χ3n) is 2.65. The fraction of sp³-hybridized carbons (Fsp3) is 0. The fourth-order valence-corrected chi connectivity index (χ4v) is 2.19. The second-order valence-electron chi connectivity index (χ2n) is 3.90. The lowest BCUT2D eigenvalue weighted by atomic mass is 10.2. The van der Waals surface area contributed by atoms with E-state index in [0.29, 0.717) is 11.5 Å². The molecule has 0 atom stereocenters. The Morgan fingerprint density at radius 1 is 1.06 bits per heavy atom. The lowest BCUT2D eigenvalue weighted by Crippen LogP contribution is -1.86. The maximum absolute atomic E-state index is 12.8. The first-order chi connectivity index (χ1) is 8.72. The molecule has 1 aromatic heterocycles. The molecule has 18 heavy (non-hydrogen) atoms. The van der Waals surface area contributed by atoms with Crippen molar-refractivity contribution in [2.75, 3.05) is 0 Å². The summed E-state index contributed by atoms with van der Waals surface area (Å²) in [4.78, 5) is 3.12. The Morgan fingerprint density at radius 3 is 2.61 bits per heavy atom. The minimum Gasteiger partial charge on any atom is -0.456 e. The molecule has 1 N–H and O–H groups in total. The molecule has 3 rings (SSSR count). The molecule has 0 spiro atoms. The largest absolute Gasteiger partial charge is 0.456 e. The topological polar surface area (TPSA) is 25.0 Å². The van der Waals surface area contributed by atoms with Crippen LogP contribution in [-0.2, 0) is 0 Å². The van der Waals surface area contributed by atoms with E-state index in [4.69, 9.17) is 4.74 Å². The molecule has 2 aromatic carbocycles. The number of hydrogen-bond acceptors (Lipinski definition) is 1. The van der Waals surface area contributed by atoms with Crippen LogP contribution < -0.4 is 4.74 Å². The van der Waals surface area contributed by atoms with Crippen molar-refractivity contribution >= 4 is 26.8 Å². The smallest absolute Gasteiger partial charge is 0.142 e. The van der Waals surface area contributed by atoms with Crippen molar-refractivity contribution in [2.24, 2.45) is 0 Å². The highest BCUT2D eigenvalue weighted by molar-refractivity contribution is 9.10. The van der Waals surface area contributed by atoms with Crippen molar-refractivity contribution in [2.45, 2.75) is 0 Å².